The molecule has 0 unspecified atom stereocenters. The molecule has 12 rings (SSSR count). The van der Waals surface area contributed by atoms with Gasteiger partial charge in [0.15, 0.2) is 6.10 Å². The van der Waals surface area contributed by atoms with Gasteiger partial charge in [0.2, 0.25) is 5.91 Å². The minimum absolute atomic E-state index is 0.0595. The number of hydrogen-bond acceptors (Lipinski definition) is 14. The van der Waals surface area contributed by atoms with Crippen molar-refractivity contribution in [1.82, 2.24) is 45.0 Å². The number of carbonyl (C=O) groups excluding carboxylic acids is 4. The number of epoxide rings is 1. The van der Waals surface area contributed by atoms with Crippen LogP contribution in [0.25, 0.3) is 33.4 Å². The number of aromatic nitrogens is 3. The minimum atomic E-state index is -0.931. The number of thiazole rings is 1. The van der Waals surface area contributed by atoms with Crippen molar-refractivity contribution < 1.29 is 33.4 Å². The number of hydrogen-bond donors (Lipinski definition) is 2. The van der Waals surface area contributed by atoms with Gasteiger partial charge in [0, 0.05) is 104 Å². The van der Waals surface area contributed by atoms with Gasteiger partial charge in [0.25, 0.3) is 11.8 Å². The summed E-state index contributed by atoms with van der Waals surface area (Å²) in [5.74, 6) is -0.396. The lowest BCUT2D eigenvalue weighted by Gasteiger charge is -2.44. The molecule has 4 aromatic rings. The first-order valence-corrected chi connectivity index (χ1v) is 29.5. The fourth-order valence-electron chi connectivity index (χ4n) is 14.0. The second-order valence-electron chi connectivity index (χ2n) is 24.5. The number of hydrazine groups is 1. The summed E-state index contributed by atoms with van der Waals surface area (Å²) >= 11 is 1.51. The van der Waals surface area contributed by atoms with Crippen molar-refractivity contribution >= 4 is 51.6 Å². The molecule has 8 aliphatic rings. The highest BCUT2D eigenvalue weighted by Crippen LogP contribution is 2.45. The van der Waals surface area contributed by atoms with Crippen LogP contribution in [0, 0.1) is 16.7 Å². The quantitative estimate of drug-likeness (QED) is 0.148. The standard InChI is InChI=1S/C58H78N10O7S/c1-6-67-47-14-13-38-24-41(47)43(52(67)42-25-39(28-59-50(42)36(2)3)64-21-20-63-22-23-73-30-40(63)29-64)27-57(4,5)35-75-56(72)44-12-9-17-68(62-44)54(70)45(26-49-60-46(38)32-76-49)61-53(69)51(37-10-7-8-11-37)65-18-15-58(33-65)16-19-66(34-58)55(71)48-31-74-48/h13-14,24-25,28,32,36-37,40,44-45,48,51,62H,6-12,15-23,26-27,29-31,33-35H2,1-5H3,(H,61,69)/t40-,44-,45-,48+,51-,58-/m0/s1. The van der Waals surface area contributed by atoms with E-state index in [0.717, 1.165) is 154 Å². The molecule has 6 bridgehead atoms. The molecule has 0 radical (unpaired) electrons. The van der Waals surface area contributed by atoms with Crippen LogP contribution in [-0.2, 0) is 52.8 Å². The first kappa shape index (κ1) is 51.8. The third-order valence-electron chi connectivity index (χ3n) is 18.2. The number of nitrogens with zero attached hydrogens (tertiary/aromatic N) is 8. The first-order chi connectivity index (χ1) is 36.7. The van der Waals surface area contributed by atoms with Crippen LogP contribution in [0.3, 0.4) is 0 Å². The van der Waals surface area contributed by atoms with Gasteiger partial charge in [-0.05, 0) is 94.0 Å². The van der Waals surface area contributed by atoms with Crippen molar-refractivity contribution in [2.75, 3.05) is 90.2 Å². The molecular weight excluding hydrogens is 981 g/mol. The third kappa shape index (κ3) is 10.2. The molecule has 6 atom stereocenters. The summed E-state index contributed by atoms with van der Waals surface area (Å²) < 4.78 is 20.0. The number of pyridine rings is 1. The molecule has 76 heavy (non-hydrogen) atoms. The van der Waals surface area contributed by atoms with E-state index in [0.29, 0.717) is 45.0 Å². The molecular formula is C58H78N10O7S. The van der Waals surface area contributed by atoms with E-state index in [1.54, 1.807) is 5.01 Å². The van der Waals surface area contributed by atoms with E-state index in [2.05, 4.69) is 100 Å². The number of nitrogens with one attached hydrogen (secondary N) is 2. The van der Waals surface area contributed by atoms with Gasteiger partial charge in [-0.3, -0.25) is 39.0 Å². The van der Waals surface area contributed by atoms with Gasteiger partial charge in [-0.2, -0.15) is 0 Å². The lowest BCUT2D eigenvalue weighted by molar-refractivity contribution is -0.155. The summed E-state index contributed by atoms with van der Waals surface area (Å²) in [7, 11) is 0. The highest BCUT2D eigenvalue weighted by molar-refractivity contribution is 7.10. The van der Waals surface area contributed by atoms with E-state index in [-0.39, 0.29) is 60.1 Å². The highest BCUT2D eigenvalue weighted by Gasteiger charge is 2.51. The summed E-state index contributed by atoms with van der Waals surface area (Å²) in [4.78, 5) is 77.3. The van der Waals surface area contributed by atoms with Crippen molar-refractivity contribution in [3.63, 3.8) is 0 Å². The number of esters is 1. The van der Waals surface area contributed by atoms with Gasteiger partial charge in [-0.25, -0.2) is 10.4 Å². The highest BCUT2D eigenvalue weighted by atomic mass is 32.1. The van der Waals surface area contributed by atoms with Crippen LogP contribution >= 0.6 is 11.3 Å². The fraction of sp³-hybridized carbons (Fsp3) is 0.655. The molecule has 10 heterocycles. The Morgan fingerprint density at radius 3 is 2.61 bits per heavy atom. The van der Waals surface area contributed by atoms with Gasteiger partial charge in [-0.1, -0.05) is 46.6 Å². The predicted molar refractivity (Wildman–Crippen MR) is 292 cm³/mol. The fourth-order valence-corrected chi connectivity index (χ4v) is 14.9. The lowest BCUT2D eigenvalue weighted by atomic mass is 9.84. The van der Waals surface area contributed by atoms with E-state index in [1.165, 1.54) is 16.9 Å². The van der Waals surface area contributed by atoms with Gasteiger partial charge >= 0.3 is 5.97 Å². The average molecular weight is 1060 g/mol. The number of cyclic esters (lactones) is 1. The zero-order chi connectivity index (χ0) is 52.5. The number of amides is 3. The molecule has 7 aliphatic heterocycles. The molecule has 3 amide bonds. The van der Waals surface area contributed by atoms with Gasteiger partial charge < -0.3 is 33.9 Å². The number of fused-ring (bicyclic) bond motifs is 7. The average Bonchev–Trinajstić information content (AvgIpc) is 3.94. The number of rotatable bonds is 9. The van der Waals surface area contributed by atoms with E-state index in [4.69, 9.17) is 24.2 Å². The zero-order valence-electron chi connectivity index (χ0n) is 45.3. The molecule has 17 nitrogen and oxygen atoms in total. The van der Waals surface area contributed by atoms with Crippen molar-refractivity contribution in [2.24, 2.45) is 16.7 Å². The predicted octanol–water partition coefficient (Wildman–Crippen LogP) is 6.02. The molecule has 6 saturated heterocycles. The van der Waals surface area contributed by atoms with Crippen molar-refractivity contribution in [3.05, 3.63) is 52.1 Å². The van der Waals surface area contributed by atoms with E-state index in [9.17, 15) is 14.4 Å². The van der Waals surface area contributed by atoms with Crippen LogP contribution in [0.5, 0.6) is 0 Å². The first-order valence-electron chi connectivity index (χ1n) is 28.6. The lowest BCUT2D eigenvalue weighted by Crippen LogP contribution is -2.62. The molecule has 1 saturated carbocycles. The van der Waals surface area contributed by atoms with Gasteiger partial charge in [0.1, 0.15) is 12.1 Å². The summed E-state index contributed by atoms with van der Waals surface area (Å²) in [6.07, 6.45) is 9.62. The maximum absolute atomic E-state index is 15.1. The number of morpholine rings is 1. The number of piperazine rings is 1. The topological polar surface area (TPSA) is 170 Å². The van der Waals surface area contributed by atoms with Crippen LogP contribution < -0.4 is 15.6 Å². The SMILES string of the molecule is CCn1c(-c2cc(N3CCN4CCOC[C@@H]4C3)cnc2C(C)C)c2c3cc(ccc31)-c1csc(n1)C[C@H](NC(=O)[C@H](C1CCCC1)N1CC[C@]3(CCN(C(=O)[C@H]4CO4)C3)C1)C(=O)N1CCC[C@H](N1)C(=O)OCC(C)(C)C2. The van der Waals surface area contributed by atoms with Crippen molar-refractivity contribution in [3.8, 4) is 22.5 Å². The van der Waals surface area contributed by atoms with Crippen molar-refractivity contribution in [1.29, 1.82) is 0 Å². The molecule has 1 aliphatic carbocycles. The van der Waals surface area contributed by atoms with Crippen LogP contribution in [0.2, 0.25) is 0 Å². The van der Waals surface area contributed by atoms with E-state index >= 15 is 4.79 Å². The Kier molecular flexibility index (Phi) is 14.3. The second kappa shape index (κ2) is 21.0. The molecule has 1 aromatic carbocycles. The molecule has 18 heteroatoms. The Hall–Kier alpha value is -4.98. The maximum Gasteiger partial charge on any atom is 0.324 e. The van der Waals surface area contributed by atoms with E-state index < -0.39 is 23.5 Å². The number of ether oxygens (including phenoxy) is 3. The second-order valence-corrected chi connectivity index (χ2v) is 25.4. The van der Waals surface area contributed by atoms with Gasteiger partial charge in [0.05, 0.1) is 72.5 Å². The molecule has 3 aromatic heterocycles. The number of anilines is 1. The normalized spacial score (nSPS) is 28.1. The molecule has 2 N–H and O–H groups in total. The smallest absolute Gasteiger partial charge is 0.324 e. The zero-order valence-corrected chi connectivity index (χ0v) is 46.1. The Morgan fingerprint density at radius 1 is 0.974 bits per heavy atom. The van der Waals surface area contributed by atoms with Gasteiger partial charge in [-0.15, -0.1) is 11.3 Å². The van der Waals surface area contributed by atoms with Crippen LogP contribution in [0.15, 0.2) is 35.8 Å². The van der Waals surface area contributed by atoms with Crippen LogP contribution in [-0.4, -0.2) is 174 Å². The number of benzene rings is 1. The van der Waals surface area contributed by atoms with Crippen LogP contribution in [0.4, 0.5) is 5.69 Å². The number of aryl methyl sites for hydroxylation is 1. The Bertz CT molecular complexity index is 2860. The largest absolute Gasteiger partial charge is 0.464 e. The summed E-state index contributed by atoms with van der Waals surface area (Å²) in [5.41, 5.74) is 11.3. The minimum Gasteiger partial charge on any atom is -0.464 e. The Labute approximate surface area is 451 Å². The third-order valence-corrected chi connectivity index (χ3v) is 19.0. The van der Waals surface area contributed by atoms with Crippen molar-refractivity contribution in [2.45, 2.75) is 142 Å². The Morgan fingerprint density at radius 2 is 1.80 bits per heavy atom. The summed E-state index contributed by atoms with van der Waals surface area (Å²) in [6.45, 7) is 21.0. The monoisotopic (exact) mass is 1060 g/mol. The number of carbonyl (C=O) groups is 4. The molecule has 408 valence electrons. The summed E-state index contributed by atoms with van der Waals surface area (Å²) in [6, 6.07) is 7.32. The number of likely N-dealkylation sites (tertiary alicyclic amines) is 2. The molecule has 1 spiro atoms. The van der Waals surface area contributed by atoms with E-state index in [1.807, 2.05) is 4.90 Å². The maximum atomic E-state index is 15.1. The molecule has 7 fully saturated rings. The van der Waals surface area contributed by atoms with Crippen LogP contribution in [0.1, 0.15) is 108 Å². The summed E-state index contributed by atoms with van der Waals surface area (Å²) in [5, 5.41) is 8.83. The Balaban J connectivity index is 0.888.